The molecule has 15 heavy (non-hydrogen) atoms. The molecule has 1 aromatic heterocycles. The summed E-state index contributed by atoms with van der Waals surface area (Å²) in [7, 11) is 1.93. The molecule has 1 unspecified atom stereocenters. The summed E-state index contributed by atoms with van der Waals surface area (Å²) in [4.78, 5) is 3.97. The molecule has 1 N–H and O–H groups in total. The Bertz CT molecular complexity index is 365. The Balaban J connectivity index is 2.72. The minimum atomic E-state index is 0.251. The minimum absolute atomic E-state index is 0.251. The second-order valence-corrected chi connectivity index (χ2v) is 3.61. The molecule has 0 saturated carbocycles. The highest BCUT2D eigenvalue weighted by molar-refractivity contribution is 6.31. The van der Waals surface area contributed by atoms with Gasteiger partial charge in [-0.25, -0.2) is 0 Å². The van der Waals surface area contributed by atoms with E-state index in [0.29, 0.717) is 5.02 Å². The molecule has 0 radical (unpaired) electrons. The van der Waals surface area contributed by atoms with E-state index in [0.717, 1.165) is 18.4 Å². The van der Waals surface area contributed by atoms with E-state index < -0.39 is 0 Å². The molecule has 0 aliphatic rings. The van der Waals surface area contributed by atoms with E-state index in [-0.39, 0.29) is 6.04 Å². The van der Waals surface area contributed by atoms with Crippen LogP contribution in [-0.4, -0.2) is 12.0 Å². The smallest absolute Gasteiger partial charge is 0.0637 e. The first-order valence-electron chi connectivity index (χ1n) is 4.96. The summed E-state index contributed by atoms with van der Waals surface area (Å²) in [5, 5.41) is 3.95. The van der Waals surface area contributed by atoms with Crippen molar-refractivity contribution in [1.82, 2.24) is 10.3 Å². The molecule has 1 atom stereocenters. The Labute approximate surface area is 96.1 Å². The maximum Gasteiger partial charge on any atom is 0.0637 e. The molecule has 0 amide bonds. The Hall–Kier alpha value is -1.04. The summed E-state index contributed by atoms with van der Waals surface area (Å²) < 4.78 is 0. The van der Waals surface area contributed by atoms with Gasteiger partial charge in [-0.2, -0.15) is 0 Å². The monoisotopic (exact) mass is 222 g/mol. The molecular weight excluding hydrogens is 208 g/mol. The van der Waals surface area contributed by atoms with Crippen LogP contribution in [0.5, 0.6) is 0 Å². The molecule has 80 valence electrons. The third kappa shape index (κ3) is 3.54. The van der Waals surface area contributed by atoms with Crippen LogP contribution in [0.3, 0.4) is 0 Å². The van der Waals surface area contributed by atoms with E-state index in [9.17, 15) is 0 Å². The van der Waals surface area contributed by atoms with E-state index in [4.69, 9.17) is 11.6 Å². The maximum atomic E-state index is 6.07. The van der Waals surface area contributed by atoms with Crippen LogP contribution in [0.4, 0.5) is 0 Å². The van der Waals surface area contributed by atoms with Crippen LogP contribution in [0, 0.1) is 11.8 Å². The molecule has 0 aromatic carbocycles. The Morgan fingerprint density at radius 1 is 1.60 bits per heavy atom. The average Bonchev–Trinajstić information content (AvgIpc) is 2.26. The molecule has 0 aliphatic heterocycles. The van der Waals surface area contributed by atoms with Crippen LogP contribution < -0.4 is 5.32 Å². The predicted octanol–water partition coefficient (Wildman–Crippen LogP) is 2.80. The zero-order chi connectivity index (χ0) is 11.1. The lowest BCUT2D eigenvalue weighted by Crippen LogP contribution is -2.16. The summed E-state index contributed by atoms with van der Waals surface area (Å²) in [6.45, 7) is 1.85. The number of pyridine rings is 1. The lowest BCUT2D eigenvalue weighted by atomic mass is 10.0. The summed E-state index contributed by atoms with van der Waals surface area (Å²) in [5.74, 6) is 5.94. The highest BCUT2D eigenvalue weighted by Gasteiger charge is 2.11. The van der Waals surface area contributed by atoms with Crippen LogP contribution in [0.15, 0.2) is 18.5 Å². The van der Waals surface area contributed by atoms with Crippen molar-refractivity contribution in [3.8, 4) is 11.8 Å². The van der Waals surface area contributed by atoms with Gasteiger partial charge in [-0.1, -0.05) is 11.6 Å². The van der Waals surface area contributed by atoms with Gasteiger partial charge in [0, 0.05) is 24.9 Å². The van der Waals surface area contributed by atoms with Crippen LogP contribution in [0.1, 0.15) is 31.4 Å². The van der Waals surface area contributed by atoms with Gasteiger partial charge in [0.2, 0.25) is 0 Å². The largest absolute Gasteiger partial charge is 0.313 e. The summed E-state index contributed by atoms with van der Waals surface area (Å²) in [5.41, 5.74) is 1.09. The van der Waals surface area contributed by atoms with Crippen molar-refractivity contribution < 1.29 is 0 Å². The highest BCUT2D eigenvalue weighted by atomic mass is 35.5. The zero-order valence-corrected chi connectivity index (χ0v) is 9.80. The van der Waals surface area contributed by atoms with E-state index in [1.807, 2.05) is 20.0 Å². The topological polar surface area (TPSA) is 24.9 Å². The molecule has 0 bridgehead atoms. The Morgan fingerprint density at radius 3 is 3.00 bits per heavy atom. The van der Waals surface area contributed by atoms with Crippen LogP contribution in [-0.2, 0) is 0 Å². The van der Waals surface area contributed by atoms with Crippen LogP contribution in [0.2, 0.25) is 5.02 Å². The number of nitrogens with zero attached hydrogens (tertiary/aromatic N) is 1. The SMILES string of the molecule is CC#CCCC(NC)c1ccncc1Cl. The quantitative estimate of drug-likeness (QED) is 0.793. The number of rotatable bonds is 4. The standard InChI is InChI=1S/C12H15ClN2/c1-3-4-5-6-12(14-2)10-7-8-15-9-11(10)13/h7-9,12,14H,5-6H2,1-2H3. The van der Waals surface area contributed by atoms with Gasteiger partial charge in [0.1, 0.15) is 0 Å². The van der Waals surface area contributed by atoms with Gasteiger partial charge >= 0.3 is 0 Å². The van der Waals surface area contributed by atoms with Crippen molar-refractivity contribution >= 4 is 11.6 Å². The molecule has 3 heteroatoms. The number of hydrogen-bond acceptors (Lipinski definition) is 2. The second kappa shape index (κ2) is 6.44. The van der Waals surface area contributed by atoms with Gasteiger partial charge in [0.05, 0.1) is 5.02 Å². The van der Waals surface area contributed by atoms with E-state index in [1.165, 1.54) is 0 Å². The molecule has 2 nitrogen and oxygen atoms in total. The molecule has 1 rings (SSSR count). The third-order valence-corrected chi connectivity index (χ3v) is 2.58. The summed E-state index contributed by atoms with van der Waals surface area (Å²) in [6, 6.07) is 2.20. The van der Waals surface area contributed by atoms with Crippen molar-refractivity contribution in [2.75, 3.05) is 7.05 Å². The predicted molar refractivity (Wildman–Crippen MR) is 63.7 cm³/mol. The van der Waals surface area contributed by atoms with E-state index in [2.05, 4.69) is 22.1 Å². The van der Waals surface area contributed by atoms with Gasteiger partial charge < -0.3 is 5.32 Å². The fraction of sp³-hybridized carbons (Fsp3) is 0.417. The molecule has 0 fully saturated rings. The van der Waals surface area contributed by atoms with E-state index in [1.54, 1.807) is 12.4 Å². The lowest BCUT2D eigenvalue weighted by Gasteiger charge is -2.16. The Morgan fingerprint density at radius 2 is 2.40 bits per heavy atom. The van der Waals surface area contributed by atoms with Gasteiger partial charge in [0.15, 0.2) is 0 Å². The normalized spacial score (nSPS) is 11.7. The number of nitrogens with one attached hydrogen (secondary N) is 1. The first kappa shape index (κ1) is 12.0. The maximum absolute atomic E-state index is 6.07. The van der Waals surface area contributed by atoms with Crippen LogP contribution >= 0.6 is 11.6 Å². The lowest BCUT2D eigenvalue weighted by molar-refractivity contribution is 0.558. The number of aromatic nitrogens is 1. The van der Waals surface area contributed by atoms with Crippen LogP contribution in [0.25, 0.3) is 0 Å². The molecule has 0 aliphatic carbocycles. The fourth-order valence-corrected chi connectivity index (χ4v) is 1.72. The molecule has 1 heterocycles. The third-order valence-electron chi connectivity index (χ3n) is 2.26. The van der Waals surface area contributed by atoms with E-state index >= 15 is 0 Å². The second-order valence-electron chi connectivity index (χ2n) is 3.20. The molecule has 1 aromatic rings. The minimum Gasteiger partial charge on any atom is -0.313 e. The molecule has 0 spiro atoms. The van der Waals surface area contributed by atoms with Crippen molar-refractivity contribution in [1.29, 1.82) is 0 Å². The molecule has 0 saturated heterocycles. The zero-order valence-electron chi connectivity index (χ0n) is 9.05. The number of hydrogen-bond donors (Lipinski definition) is 1. The average molecular weight is 223 g/mol. The van der Waals surface area contributed by atoms with Crippen molar-refractivity contribution in [3.63, 3.8) is 0 Å². The molecular formula is C12H15ClN2. The summed E-state index contributed by atoms with van der Waals surface area (Å²) >= 11 is 6.07. The highest BCUT2D eigenvalue weighted by Crippen LogP contribution is 2.24. The Kier molecular flexibility index (Phi) is 5.17. The van der Waals surface area contributed by atoms with Crippen molar-refractivity contribution in [3.05, 3.63) is 29.0 Å². The van der Waals surface area contributed by atoms with Crippen molar-refractivity contribution in [2.45, 2.75) is 25.8 Å². The van der Waals surface area contributed by atoms with Crippen molar-refractivity contribution in [2.24, 2.45) is 0 Å². The van der Waals surface area contributed by atoms with Gasteiger partial charge in [-0.15, -0.1) is 11.8 Å². The van der Waals surface area contributed by atoms with Gasteiger partial charge in [0.25, 0.3) is 0 Å². The van der Waals surface area contributed by atoms with Gasteiger partial charge in [-0.05, 0) is 32.0 Å². The first-order valence-corrected chi connectivity index (χ1v) is 5.33. The number of halogens is 1. The van der Waals surface area contributed by atoms with Gasteiger partial charge in [-0.3, -0.25) is 4.98 Å². The summed E-state index contributed by atoms with van der Waals surface area (Å²) in [6.07, 6.45) is 5.27. The fourth-order valence-electron chi connectivity index (χ4n) is 1.47. The first-order chi connectivity index (χ1) is 7.29.